The molecule has 0 saturated carbocycles. The summed E-state index contributed by atoms with van der Waals surface area (Å²) < 4.78 is 1.06. The van der Waals surface area contributed by atoms with Gasteiger partial charge in [-0.15, -0.1) is 11.3 Å². The van der Waals surface area contributed by atoms with Crippen molar-refractivity contribution in [2.75, 3.05) is 0 Å². The third-order valence-corrected chi connectivity index (χ3v) is 5.62. The topological polar surface area (TPSA) is 59.1 Å². The lowest BCUT2D eigenvalue weighted by Crippen LogP contribution is -2.43. The maximum absolute atomic E-state index is 13.2. The maximum Gasteiger partial charge on any atom is 0.251 e. The van der Waals surface area contributed by atoms with Gasteiger partial charge in [-0.3, -0.25) is 9.59 Å². The van der Waals surface area contributed by atoms with E-state index in [-0.39, 0.29) is 18.1 Å². The smallest absolute Gasteiger partial charge is 0.251 e. The van der Waals surface area contributed by atoms with Crippen LogP contribution in [0.1, 0.15) is 21.5 Å². The number of thiazole rings is 1. The summed E-state index contributed by atoms with van der Waals surface area (Å²) in [6.45, 7) is 0. The lowest BCUT2D eigenvalue weighted by molar-refractivity contribution is -0.120. The lowest BCUT2D eigenvalue weighted by atomic mass is 9.97. The maximum atomic E-state index is 13.2. The van der Waals surface area contributed by atoms with Crippen LogP contribution in [0.5, 0.6) is 0 Å². The first-order valence-electron chi connectivity index (χ1n) is 9.44. The molecule has 4 aromatic rings. The molecule has 3 aromatic carbocycles. The van der Waals surface area contributed by atoms with E-state index in [9.17, 15) is 9.59 Å². The van der Waals surface area contributed by atoms with Crippen LogP contribution in [0.4, 0.5) is 0 Å². The fraction of sp³-hybridized carbons (Fsp3) is 0.125. The second-order valence-corrected chi connectivity index (χ2v) is 7.73. The van der Waals surface area contributed by atoms with Gasteiger partial charge in [0.1, 0.15) is 0 Å². The molecule has 1 N–H and O–H groups in total. The van der Waals surface area contributed by atoms with Crippen LogP contribution in [-0.2, 0) is 17.6 Å². The molecule has 1 atom stereocenters. The molecule has 1 heterocycles. The first-order chi connectivity index (χ1) is 14.2. The van der Waals surface area contributed by atoms with Gasteiger partial charge in [-0.2, -0.15) is 0 Å². The summed E-state index contributed by atoms with van der Waals surface area (Å²) in [4.78, 5) is 30.3. The van der Waals surface area contributed by atoms with Crippen molar-refractivity contribution in [3.63, 3.8) is 0 Å². The predicted molar refractivity (Wildman–Crippen MR) is 116 cm³/mol. The number of hydrogen-bond acceptors (Lipinski definition) is 4. The van der Waals surface area contributed by atoms with Gasteiger partial charge in [0.15, 0.2) is 5.78 Å². The SMILES string of the molecule is O=C(NC(Cc1ccccc1)C(=O)Cc1cccc2scnc12)c1ccccc1. The van der Waals surface area contributed by atoms with Crippen LogP contribution < -0.4 is 5.32 Å². The van der Waals surface area contributed by atoms with Crippen molar-refractivity contribution in [3.8, 4) is 0 Å². The number of ketones is 1. The van der Waals surface area contributed by atoms with E-state index in [0.717, 1.165) is 21.3 Å². The number of carbonyl (C=O) groups is 2. The first kappa shape index (κ1) is 19.0. The van der Waals surface area contributed by atoms with Crippen molar-refractivity contribution in [2.24, 2.45) is 0 Å². The van der Waals surface area contributed by atoms with Gasteiger partial charge in [0.25, 0.3) is 5.91 Å². The van der Waals surface area contributed by atoms with Crippen LogP contribution >= 0.6 is 11.3 Å². The molecule has 4 nitrogen and oxygen atoms in total. The van der Waals surface area contributed by atoms with Crippen LogP contribution in [0.2, 0.25) is 0 Å². The Morgan fingerprint density at radius 1 is 0.897 bits per heavy atom. The van der Waals surface area contributed by atoms with Crippen LogP contribution in [0.25, 0.3) is 10.2 Å². The highest BCUT2D eigenvalue weighted by atomic mass is 32.1. The minimum Gasteiger partial charge on any atom is -0.342 e. The fourth-order valence-electron chi connectivity index (χ4n) is 3.33. The van der Waals surface area contributed by atoms with E-state index >= 15 is 0 Å². The molecule has 1 unspecified atom stereocenters. The van der Waals surface area contributed by atoms with E-state index in [0.29, 0.717) is 12.0 Å². The number of hydrogen-bond donors (Lipinski definition) is 1. The van der Waals surface area contributed by atoms with Gasteiger partial charge in [-0.1, -0.05) is 60.7 Å². The van der Waals surface area contributed by atoms with E-state index in [2.05, 4.69) is 10.3 Å². The fourth-order valence-corrected chi connectivity index (χ4v) is 4.05. The highest BCUT2D eigenvalue weighted by Crippen LogP contribution is 2.22. The third kappa shape index (κ3) is 4.58. The Balaban J connectivity index is 1.57. The van der Waals surface area contributed by atoms with Crippen LogP contribution in [0.3, 0.4) is 0 Å². The minimum atomic E-state index is -0.612. The number of amides is 1. The molecule has 0 aliphatic rings. The zero-order chi connectivity index (χ0) is 20.1. The van der Waals surface area contributed by atoms with Crippen molar-refractivity contribution >= 4 is 33.2 Å². The molecule has 0 aliphatic heterocycles. The number of aromatic nitrogens is 1. The Kier molecular flexibility index (Phi) is 5.77. The average molecular weight is 401 g/mol. The molecule has 0 aliphatic carbocycles. The number of nitrogens with one attached hydrogen (secondary N) is 1. The summed E-state index contributed by atoms with van der Waals surface area (Å²) >= 11 is 1.56. The number of para-hydroxylation sites is 1. The number of rotatable bonds is 7. The summed E-state index contributed by atoms with van der Waals surface area (Å²) in [6.07, 6.45) is 0.679. The summed E-state index contributed by atoms with van der Waals surface area (Å²) in [7, 11) is 0. The summed E-state index contributed by atoms with van der Waals surface area (Å²) in [6, 6.07) is 24.0. The number of fused-ring (bicyclic) bond motifs is 1. The Labute approximate surface area is 173 Å². The zero-order valence-corrected chi connectivity index (χ0v) is 16.6. The molecule has 4 rings (SSSR count). The minimum absolute atomic E-state index is 0.0290. The average Bonchev–Trinajstić information content (AvgIpc) is 3.24. The van der Waals surface area contributed by atoms with Gasteiger partial charge < -0.3 is 5.32 Å². The normalized spacial score (nSPS) is 11.9. The third-order valence-electron chi connectivity index (χ3n) is 4.82. The molecule has 0 spiro atoms. The van der Waals surface area contributed by atoms with Gasteiger partial charge in [-0.05, 0) is 35.7 Å². The first-order valence-corrected chi connectivity index (χ1v) is 10.3. The van der Waals surface area contributed by atoms with E-state index in [1.165, 1.54) is 0 Å². The molecule has 144 valence electrons. The molecule has 0 radical (unpaired) electrons. The number of nitrogens with zero attached hydrogens (tertiary/aromatic N) is 1. The zero-order valence-electron chi connectivity index (χ0n) is 15.7. The van der Waals surface area contributed by atoms with Gasteiger partial charge in [0.2, 0.25) is 0 Å². The van der Waals surface area contributed by atoms with E-state index < -0.39 is 6.04 Å². The molecule has 5 heteroatoms. The van der Waals surface area contributed by atoms with Crippen molar-refractivity contribution in [1.82, 2.24) is 10.3 Å². The highest BCUT2D eigenvalue weighted by molar-refractivity contribution is 7.16. The number of Topliss-reactive ketones (excluding diaryl/α,β-unsaturated/α-hetero) is 1. The molecule has 29 heavy (non-hydrogen) atoms. The van der Waals surface area contributed by atoms with Crippen LogP contribution in [-0.4, -0.2) is 22.7 Å². The van der Waals surface area contributed by atoms with Gasteiger partial charge in [0.05, 0.1) is 21.8 Å². The largest absolute Gasteiger partial charge is 0.342 e. The molecule has 0 fully saturated rings. The standard InChI is InChI=1S/C24H20N2O2S/c27-21(15-19-12-7-13-22-23(19)25-16-29-22)20(14-17-8-3-1-4-9-17)26-24(28)18-10-5-2-6-11-18/h1-13,16,20H,14-15H2,(H,26,28). The predicted octanol–water partition coefficient (Wildman–Crippen LogP) is 4.45. The second kappa shape index (κ2) is 8.80. The Morgan fingerprint density at radius 3 is 2.38 bits per heavy atom. The van der Waals surface area contributed by atoms with Crippen molar-refractivity contribution in [1.29, 1.82) is 0 Å². The summed E-state index contributed by atoms with van der Waals surface area (Å²) in [5.74, 6) is -0.273. The Morgan fingerprint density at radius 2 is 1.62 bits per heavy atom. The second-order valence-electron chi connectivity index (χ2n) is 6.84. The van der Waals surface area contributed by atoms with Crippen molar-refractivity contribution < 1.29 is 9.59 Å². The van der Waals surface area contributed by atoms with Crippen molar-refractivity contribution in [2.45, 2.75) is 18.9 Å². The monoisotopic (exact) mass is 400 g/mol. The van der Waals surface area contributed by atoms with Crippen molar-refractivity contribution in [3.05, 3.63) is 101 Å². The molecule has 1 amide bonds. The molecular formula is C24H20N2O2S. The van der Waals surface area contributed by atoms with Gasteiger partial charge in [0, 0.05) is 12.0 Å². The Hall–Kier alpha value is -3.31. The van der Waals surface area contributed by atoms with E-state index in [1.807, 2.05) is 66.7 Å². The number of carbonyl (C=O) groups excluding carboxylic acids is 2. The van der Waals surface area contributed by atoms with Gasteiger partial charge >= 0.3 is 0 Å². The molecule has 0 bridgehead atoms. The van der Waals surface area contributed by atoms with Crippen LogP contribution in [0.15, 0.2) is 84.4 Å². The summed E-state index contributed by atoms with van der Waals surface area (Å²) in [5, 5.41) is 2.94. The molecule has 0 saturated heterocycles. The molecular weight excluding hydrogens is 380 g/mol. The van der Waals surface area contributed by atoms with Gasteiger partial charge in [-0.25, -0.2) is 4.98 Å². The summed E-state index contributed by atoms with van der Waals surface area (Å²) in [5.41, 5.74) is 5.09. The molecule has 1 aromatic heterocycles. The van der Waals surface area contributed by atoms with E-state index in [4.69, 9.17) is 0 Å². The Bertz CT molecular complexity index is 1120. The van der Waals surface area contributed by atoms with Crippen LogP contribution in [0, 0.1) is 0 Å². The lowest BCUT2D eigenvalue weighted by Gasteiger charge is -2.18. The highest BCUT2D eigenvalue weighted by Gasteiger charge is 2.23. The number of benzene rings is 3. The quantitative estimate of drug-likeness (QED) is 0.499. The van der Waals surface area contributed by atoms with E-state index in [1.54, 1.807) is 29.0 Å².